The maximum atomic E-state index is 11.3. The second kappa shape index (κ2) is 6.16. The third-order valence-corrected chi connectivity index (χ3v) is 1.91. The SMILES string of the molecule is COC(=O)[C@@H](O)[C@](O)(COC(C)=O)C(=O)OC. The highest BCUT2D eigenvalue weighted by Crippen LogP contribution is 2.15. The molecule has 0 aromatic carbocycles. The maximum absolute atomic E-state index is 11.3. The van der Waals surface area contributed by atoms with Crippen LogP contribution in [0, 0.1) is 0 Å². The van der Waals surface area contributed by atoms with E-state index in [0.29, 0.717) is 0 Å². The van der Waals surface area contributed by atoms with Crippen LogP contribution >= 0.6 is 0 Å². The van der Waals surface area contributed by atoms with Gasteiger partial charge in [0.2, 0.25) is 5.60 Å². The van der Waals surface area contributed by atoms with Crippen LogP contribution in [0.4, 0.5) is 0 Å². The molecule has 0 saturated carbocycles. The van der Waals surface area contributed by atoms with Crippen molar-refractivity contribution in [3.8, 4) is 0 Å². The van der Waals surface area contributed by atoms with Gasteiger partial charge in [-0.1, -0.05) is 0 Å². The van der Waals surface area contributed by atoms with E-state index in [0.717, 1.165) is 21.1 Å². The van der Waals surface area contributed by atoms with Crippen LogP contribution in [-0.4, -0.2) is 60.7 Å². The molecule has 2 N–H and O–H groups in total. The van der Waals surface area contributed by atoms with Gasteiger partial charge in [-0.3, -0.25) is 4.79 Å². The van der Waals surface area contributed by atoms with Gasteiger partial charge >= 0.3 is 17.9 Å². The Bertz CT molecular complexity index is 312. The molecule has 98 valence electrons. The summed E-state index contributed by atoms with van der Waals surface area (Å²) >= 11 is 0. The third-order valence-electron chi connectivity index (χ3n) is 1.91. The molecule has 2 atom stereocenters. The summed E-state index contributed by atoms with van der Waals surface area (Å²) in [6.45, 7) is 0.105. The van der Waals surface area contributed by atoms with Gasteiger partial charge in [0, 0.05) is 6.92 Å². The fraction of sp³-hybridized carbons (Fsp3) is 0.667. The Labute approximate surface area is 97.1 Å². The van der Waals surface area contributed by atoms with Crippen LogP contribution in [-0.2, 0) is 28.6 Å². The van der Waals surface area contributed by atoms with Crippen LogP contribution in [0.15, 0.2) is 0 Å². The summed E-state index contributed by atoms with van der Waals surface area (Å²) in [7, 11) is 1.89. The van der Waals surface area contributed by atoms with E-state index in [1.807, 2.05) is 0 Å². The van der Waals surface area contributed by atoms with Gasteiger partial charge in [-0.2, -0.15) is 0 Å². The highest BCUT2D eigenvalue weighted by Gasteiger charge is 2.50. The Morgan fingerprint density at radius 3 is 2.12 bits per heavy atom. The van der Waals surface area contributed by atoms with Crippen LogP contribution in [0.5, 0.6) is 0 Å². The summed E-state index contributed by atoms with van der Waals surface area (Å²) in [4.78, 5) is 32.9. The van der Waals surface area contributed by atoms with Crippen molar-refractivity contribution in [2.45, 2.75) is 18.6 Å². The zero-order valence-corrected chi connectivity index (χ0v) is 9.63. The molecule has 0 saturated heterocycles. The highest BCUT2D eigenvalue weighted by molar-refractivity contribution is 5.89. The molecule has 0 aliphatic heterocycles. The van der Waals surface area contributed by atoms with Crippen molar-refractivity contribution in [2.24, 2.45) is 0 Å². The number of esters is 3. The Kier molecular flexibility index (Phi) is 5.56. The molecule has 0 spiro atoms. The zero-order chi connectivity index (χ0) is 13.6. The first-order valence-electron chi connectivity index (χ1n) is 4.49. The van der Waals surface area contributed by atoms with Gasteiger partial charge < -0.3 is 24.4 Å². The summed E-state index contributed by atoms with van der Waals surface area (Å²) < 4.78 is 12.8. The maximum Gasteiger partial charge on any atom is 0.344 e. The van der Waals surface area contributed by atoms with Crippen LogP contribution in [0.1, 0.15) is 6.92 Å². The fourth-order valence-corrected chi connectivity index (χ4v) is 0.944. The van der Waals surface area contributed by atoms with Crippen molar-refractivity contribution >= 4 is 17.9 Å². The number of aliphatic hydroxyl groups is 2. The first-order valence-corrected chi connectivity index (χ1v) is 4.49. The molecular formula is C9H14O8. The number of rotatable bonds is 5. The molecule has 0 aromatic rings. The molecule has 0 amide bonds. The lowest BCUT2D eigenvalue weighted by Crippen LogP contribution is -2.57. The summed E-state index contributed by atoms with van der Waals surface area (Å²) in [6.07, 6.45) is -2.22. The molecular weight excluding hydrogens is 236 g/mol. The van der Waals surface area contributed by atoms with Crippen LogP contribution in [0.25, 0.3) is 0 Å². The predicted molar refractivity (Wildman–Crippen MR) is 51.6 cm³/mol. The molecule has 0 aromatic heterocycles. The van der Waals surface area contributed by atoms with Crippen LogP contribution < -0.4 is 0 Å². The molecule has 0 fully saturated rings. The van der Waals surface area contributed by atoms with Gasteiger partial charge in [0.25, 0.3) is 0 Å². The van der Waals surface area contributed by atoms with E-state index in [9.17, 15) is 24.6 Å². The van der Waals surface area contributed by atoms with Crippen molar-refractivity contribution < 1.29 is 38.8 Å². The zero-order valence-electron chi connectivity index (χ0n) is 9.63. The molecule has 0 radical (unpaired) electrons. The number of methoxy groups -OCH3 is 2. The third kappa shape index (κ3) is 3.68. The van der Waals surface area contributed by atoms with E-state index >= 15 is 0 Å². The van der Waals surface area contributed by atoms with Crippen molar-refractivity contribution in [3.63, 3.8) is 0 Å². The highest BCUT2D eigenvalue weighted by atomic mass is 16.6. The van der Waals surface area contributed by atoms with E-state index in [2.05, 4.69) is 14.2 Å². The molecule has 8 heteroatoms. The van der Waals surface area contributed by atoms with E-state index in [1.54, 1.807) is 0 Å². The molecule has 0 heterocycles. The largest absolute Gasteiger partial charge is 0.467 e. The number of carbonyl (C=O) groups is 3. The standard InChI is InChI=1S/C9H14O8/c1-5(10)17-4-9(14,8(13)16-3)6(11)7(12)15-2/h6,11,14H,4H2,1-3H3/t6-,9-/m1/s1. The van der Waals surface area contributed by atoms with Crippen LogP contribution in [0.2, 0.25) is 0 Å². The first kappa shape index (κ1) is 15.3. The van der Waals surface area contributed by atoms with Gasteiger partial charge in [0.15, 0.2) is 6.10 Å². The number of aliphatic hydroxyl groups excluding tert-OH is 1. The second-order valence-electron chi connectivity index (χ2n) is 3.12. The lowest BCUT2D eigenvalue weighted by atomic mass is 9.98. The molecule has 0 unspecified atom stereocenters. The number of ether oxygens (including phenoxy) is 3. The molecule has 0 bridgehead atoms. The van der Waals surface area contributed by atoms with E-state index in [4.69, 9.17) is 0 Å². The molecule has 0 aliphatic rings. The number of hydrogen-bond acceptors (Lipinski definition) is 8. The minimum Gasteiger partial charge on any atom is -0.467 e. The summed E-state index contributed by atoms with van der Waals surface area (Å²) in [6, 6.07) is 0. The van der Waals surface area contributed by atoms with Crippen LogP contribution in [0.3, 0.4) is 0 Å². The number of carbonyl (C=O) groups excluding carboxylic acids is 3. The smallest absolute Gasteiger partial charge is 0.344 e. The topological polar surface area (TPSA) is 119 Å². The minimum absolute atomic E-state index is 0.801. The minimum atomic E-state index is -2.70. The average molecular weight is 250 g/mol. The monoisotopic (exact) mass is 250 g/mol. The lowest BCUT2D eigenvalue weighted by Gasteiger charge is -2.27. The summed E-state index contributed by atoms with van der Waals surface area (Å²) in [5, 5.41) is 19.2. The molecule has 8 nitrogen and oxygen atoms in total. The normalized spacial score (nSPS) is 15.4. The van der Waals surface area contributed by atoms with Crippen molar-refractivity contribution in [3.05, 3.63) is 0 Å². The van der Waals surface area contributed by atoms with Gasteiger partial charge in [-0.05, 0) is 0 Å². The number of hydrogen-bond donors (Lipinski definition) is 2. The Balaban J connectivity index is 5.02. The van der Waals surface area contributed by atoms with E-state index in [-0.39, 0.29) is 0 Å². The van der Waals surface area contributed by atoms with Gasteiger partial charge in [0.1, 0.15) is 6.61 Å². The van der Waals surface area contributed by atoms with Gasteiger partial charge in [0.05, 0.1) is 14.2 Å². The van der Waals surface area contributed by atoms with Gasteiger partial charge in [-0.25, -0.2) is 9.59 Å². The molecule has 0 rings (SSSR count). The summed E-state index contributed by atoms with van der Waals surface area (Å²) in [5.74, 6) is -3.38. The lowest BCUT2D eigenvalue weighted by molar-refractivity contribution is -0.196. The van der Waals surface area contributed by atoms with E-state index < -0.39 is 36.2 Å². The predicted octanol–water partition coefficient (Wildman–Crippen LogP) is -2.01. The molecule has 0 aliphatic carbocycles. The quantitative estimate of drug-likeness (QED) is 0.424. The van der Waals surface area contributed by atoms with E-state index in [1.165, 1.54) is 0 Å². The Hall–Kier alpha value is -1.67. The summed E-state index contributed by atoms with van der Waals surface area (Å²) in [5.41, 5.74) is -2.70. The van der Waals surface area contributed by atoms with Gasteiger partial charge in [-0.15, -0.1) is 0 Å². The Morgan fingerprint density at radius 1 is 1.24 bits per heavy atom. The van der Waals surface area contributed by atoms with Crippen molar-refractivity contribution in [1.29, 1.82) is 0 Å². The van der Waals surface area contributed by atoms with Crippen molar-refractivity contribution in [1.82, 2.24) is 0 Å². The molecule has 17 heavy (non-hydrogen) atoms. The first-order chi connectivity index (χ1) is 7.79. The Morgan fingerprint density at radius 2 is 1.76 bits per heavy atom. The average Bonchev–Trinajstić information content (AvgIpc) is 2.32. The van der Waals surface area contributed by atoms with Crippen molar-refractivity contribution in [2.75, 3.05) is 20.8 Å². The second-order valence-corrected chi connectivity index (χ2v) is 3.12. The fourth-order valence-electron chi connectivity index (χ4n) is 0.944.